The van der Waals surface area contributed by atoms with Gasteiger partial charge in [-0.3, -0.25) is 20.2 Å². The van der Waals surface area contributed by atoms with E-state index in [4.69, 9.17) is 27.0 Å². The Labute approximate surface area is 428 Å². The Balaban J connectivity index is 0.000000221. The highest BCUT2D eigenvalue weighted by molar-refractivity contribution is 7.91. The molecule has 76 heavy (non-hydrogen) atoms. The predicted molar refractivity (Wildman–Crippen MR) is 264 cm³/mol. The Bertz CT molecular complexity index is 4230. The second-order valence-electron chi connectivity index (χ2n) is 15.6. The second kappa shape index (κ2) is 21.8. The van der Waals surface area contributed by atoms with Gasteiger partial charge in [0.05, 0.1) is 60.0 Å². The summed E-state index contributed by atoms with van der Waals surface area (Å²) in [6.45, 7) is 1.78. The molecule has 0 aliphatic carbocycles. The lowest BCUT2D eigenvalue weighted by Gasteiger charge is -2.10. The van der Waals surface area contributed by atoms with E-state index in [1.807, 2.05) is 0 Å². The number of carbonyl (C=O) groups excluding carboxylic acids is 1. The van der Waals surface area contributed by atoms with Crippen LogP contribution in [0.5, 0.6) is 11.5 Å². The Morgan fingerprint density at radius 3 is 1.28 bits per heavy atom. The van der Waals surface area contributed by atoms with Crippen molar-refractivity contribution in [2.24, 2.45) is 0 Å². The lowest BCUT2D eigenvalue weighted by Crippen LogP contribution is -2.15. The maximum absolute atomic E-state index is 12.8. The van der Waals surface area contributed by atoms with Crippen LogP contribution in [0.1, 0.15) is 38.8 Å². The normalized spacial score (nSPS) is 11.8. The van der Waals surface area contributed by atoms with Crippen LogP contribution in [0.15, 0.2) is 184 Å². The largest absolute Gasteiger partial charge is 0.478 e. The van der Waals surface area contributed by atoms with E-state index in [1.54, 1.807) is 6.92 Å². The lowest BCUT2D eigenvalue weighted by molar-refractivity contribution is -0.385. The highest BCUT2D eigenvalue weighted by Crippen LogP contribution is 2.31. The molecule has 0 fully saturated rings. The molecular formula is C48H34N2O22S4. The summed E-state index contributed by atoms with van der Waals surface area (Å²) in [7, 11) is -17.2. The van der Waals surface area contributed by atoms with Gasteiger partial charge in [-0.1, -0.05) is 36.4 Å². The first kappa shape index (κ1) is 54.6. The highest BCUT2D eigenvalue weighted by atomic mass is 32.2. The molecule has 28 heteroatoms. The van der Waals surface area contributed by atoms with Crippen LogP contribution in [0.4, 0.5) is 11.4 Å². The number of rotatable bonds is 17. The molecule has 24 nitrogen and oxygen atoms in total. The Hall–Kier alpha value is -9.12. The van der Waals surface area contributed by atoms with Gasteiger partial charge in [0.25, 0.3) is 11.4 Å². The van der Waals surface area contributed by atoms with E-state index < -0.39 is 95.8 Å². The summed E-state index contributed by atoms with van der Waals surface area (Å²) in [5, 5.41) is 31.3. The first-order valence-corrected chi connectivity index (χ1v) is 27.5. The zero-order valence-electron chi connectivity index (χ0n) is 38.5. The molecule has 0 amide bonds. The molecule has 8 rings (SSSR count). The molecule has 0 bridgehead atoms. The molecule has 0 spiro atoms. The number of esters is 1. The molecule has 0 aliphatic heterocycles. The summed E-state index contributed by atoms with van der Waals surface area (Å²) < 4.78 is 128. The van der Waals surface area contributed by atoms with Crippen LogP contribution < -0.4 is 19.6 Å². The quantitative estimate of drug-likeness (QED) is 0.0323. The van der Waals surface area contributed by atoms with E-state index in [1.165, 1.54) is 78.9 Å². The minimum atomic E-state index is -4.45. The zero-order valence-corrected chi connectivity index (χ0v) is 41.8. The van der Waals surface area contributed by atoms with Crippen LogP contribution in [0, 0.1) is 20.2 Å². The number of benzene rings is 6. The number of hydrogen-bond donors (Lipinski definition) is 1. The fourth-order valence-corrected chi connectivity index (χ4v) is 11.5. The molecule has 0 radical (unpaired) electrons. The second-order valence-corrected chi connectivity index (χ2v) is 22.7. The van der Waals surface area contributed by atoms with Crippen LogP contribution in [0.25, 0.3) is 21.9 Å². The first-order valence-electron chi connectivity index (χ1n) is 21.3. The molecule has 0 atom stereocenters. The summed E-state index contributed by atoms with van der Waals surface area (Å²) in [6, 6.07) is 28.4. The van der Waals surface area contributed by atoms with Crippen LogP contribution >= 0.6 is 0 Å². The molecule has 0 saturated carbocycles. The third kappa shape index (κ3) is 12.4. The van der Waals surface area contributed by atoms with Crippen LogP contribution in [-0.4, -0.2) is 67.2 Å². The van der Waals surface area contributed by atoms with Crippen LogP contribution in [-0.2, 0) is 56.2 Å². The molecule has 392 valence electrons. The summed E-state index contributed by atoms with van der Waals surface area (Å²) >= 11 is 0. The van der Waals surface area contributed by atoms with E-state index in [0.717, 1.165) is 66.7 Å². The van der Waals surface area contributed by atoms with Gasteiger partial charge >= 0.3 is 43.4 Å². The highest BCUT2D eigenvalue weighted by Gasteiger charge is 2.26. The molecule has 2 heterocycles. The van der Waals surface area contributed by atoms with Gasteiger partial charge in [0.2, 0.25) is 0 Å². The Morgan fingerprint density at radius 1 is 0.526 bits per heavy atom. The summed E-state index contributed by atoms with van der Waals surface area (Å²) in [5.74, 6) is -4.20. The number of para-hydroxylation sites is 2. The fraction of sp³-hybridized carbons (Fsp3) is 0.0833. The lowest BCUT2D eigenvalue weighted by atomic mass is 10.2. The van der Waals surface area contributed by atoms with Crippen LogP contribution in [0.3, 0.4) is 0 Å². The smallest absolute Gasteiger partial charge is 0.340 e. The van der Waals surface area contributed by atoms with Gasteiger partial charge in [0.1, 0.15) is 9.79 Å². The minimum Gasteiger partial charge on any atom is -0.478 e. The maximum Gasteiger partial charge on any atom is 0.340 e. The van der Waals surface area contributed by atoms with Gasteiger partial charge < -0.3 is 27.0 Å². The number of carbonyl (C=O) groups is 2. The molecule has 2 aromatic heterocycles. The third-order valence-electron chi connectivity index (χ3n) is 10.5. The number of aromatic carboxylic acids is 1. The predicted octanol–water partition coefficient (Wildman–Crippen LogP) is 6.76. The molecule has 0 aliphatic rings. The van der Waals surface area contributed by atoms with E-state index >= 15 is 0 Å². The Kier molecular flexibility index (Phi) is 15.7. The fourth-order valence-electron chi connectivity index (χ4n) is 6.88. The summed E-state index contributed by atoms with van der Waals surface area (Å²) in [4.78, 5) is 67.2. The van der Waals surface area contributed by atoms with Crippen molar-refractivity contribution in [3.05, 3.63) is 209 Å². The zero-order chi connectivity index (χ0) is 55.3. The number of non-ortho nitro benzene ring substituents is 2. The van der Waals surface area contributed by atoms with Gasteiger partial charge in [-0.15, -0.1) is 0 Å². The maximum atomic E-state index is 12.8. The number of sulfone groups is 2. The van der Waals surface area contributed by atoms with Crippen molar-refractivity contribution in [2.75, 3.05) is 6.61 Å². The van der Waals surface area contributed by atoms with Crippen molar-refractivity contribution in [1.29, 1.82) is 0 Å². The van der Waals surface area contributed by atoms with Gasteiger partial charge in [-0.05, 0) is 91.9 Å². The monoisotopic (exact) mass is 1120 g/mol. The molecule has 6 aromatic carbocycles. The number of nitrogens with zero attached hydrogens (tertiary/aromatic N) is 2. The van der Waals surface area contributed by atoms with Gasteiger partial charge in [0.15, 0.2) is 42.3 Å². The molecule has 0 unspecified atom stereocenters. The first-order chi connectivity index (χ1) is 35.8. The topological polar surface area (TPSA) is 365 Å². The van der Waals surface area contributed by atoms with Crippen molar-refractivity contribution in [3.8, 4) is 11.5 Å². The number of hydrogen-bond acceptors (Lipinski definition) is 21. The number of nitro benzene ring substituents is 2. The van der Waals surface area contributed by atoms with Crippen molar-refractivity contribution in [3.63, 3.8) is 0 Å². The SMILES string of the molecule is CCOC(=O)c1ccc(S(=O)(=O)Oc2cccc3cc(CS(=O)(=O)c4cccc([N+](=O)[O-])c4)c(=O)oc23)cc1.O=C(O)c1ccc(S(=O)(=O)Oc2cccc3cc(CS(=O)(=O)c4cccc([N+](=O)[O-])c4)c(=O)oc23)cc1. The van der Waals surface area contributed by atoms with Crippen molar-refractivity contribution < 1.29 is 80.2 Å². The molecule has 0 saturated heterocycles. The average Bonchev–Trinajstić information content (AvgIpc) is 3.39. The van der Waals surface area contributed by atoms with E-state index in [0.29, 0.717) is 0 Å². The van der Waals surface area contributed by atoms with Gasteiger partial charge in [-0.2, -0.15) is 16.8 Å². The molecular weight excluding hydrogens is 1080 g/mol. The van der Waals surface area contributed by atoms with Gasteiger partial charge in [0, 0.05) is 35.0 Å². The van der Waals surface area contributed by atoms with Crippen molar-refractivity contribution >= 4 is 85.2 Å². The van der Waals surface area contributed by atoms with Crippen LogP contribution in [0.2, 0.25) is 0 Å². The van der Waals surface area contributed by atoms with Crippen molar-refractivity contribution in [1.82, 2.24) is 0 Å². The summed E-state index contributed by atoms with van der Waals surface area (Å²) in [6.07, 6.45) is 0. The number of carboxylic acid groups (broad SMARTS) is 1. The molecule has 8 aromatic rings. The third-order valence-corrected chi connectivity index (χ3v) is 16.3. The number of nitro groups is 2. The molecule has 1 N–H and O–H groups in total. The number of carboxylic acids is 1. The standard InChI is InChI=1S/C25H19NO11S2.C23H15NO11S2/c1-2-35-24(27)16-9-11-20(12-10-16)39(33,34)37-22-8-3-5-17-13-18(25(28)36-23(17)22)15-38(31,32)21-7-4-6-19(14-21)26(29)30;25-22(26)14-7-9-18(10-8-14)37(32,33)35-20-6-1-3-15-11-16(23(27)34-21(15)20)13-36(30,31)19-5-2-4-17(12-19)24(28)29/h3-14H,2,15H2,1H3;1-12H,13H2,(H,25,26). The number of ether oxygens (including phenoxy) is 1. The Morgan fingerprint density at radius 2 is 0.908 bits per heavy atom. The van der Waals surface area contributed by atoms with Gasteiger partial charge in [-0.25, -0.2) is 36.0 Å². The minimum absolute atomic E-state index is 0.136. The van der Waals surface area contributed by atoms with Crippen molar-refractivity contribution in [2.45, 2.75) is 38.0 Å². The summed E-state index contributed by atoms with van der Waals surface area (Å²) in [5.41, 5.74) is -4.09. The average molecular weight is 1120 g/mol. The van der Waals surface area contributed by atoms with E-state index in [9.17, 15) is 73.1 Å². The van der Waals surface area contributed by atoms with E-state index in [2.05, 4.69) is 0 Å². The number of fused-ring (bicyclic) bond motifs is 2. The van der Waals surface area contributed by atoms with E-state index in [-0.39, 0.29) is 81.9 Å².